The molecule has 0 unspecified atom stereocenters. The van der Waals surface area contributed by atoms with E-state index in [2.05, 4.69) is 11.0 Å². The van der Waals surface area contributed by atoms with Crippen LogP contribution in [0.25, 0.3) is 0 Å². The minimum atomic E-state index is -0.571. The summed E-state index contributed by atoms with van der Waals surface area (Å²) in [4.78, 5) is 2.13. The molecule has 0 aromatic heterocycles. The van der Waals surface area contributed by atoms with Crippen LogP contribution < -0.4 is 10.6 Å². The van der Waals surface area contributed by atoms with Crippen molar-refractivity contribution < 1.29 is 5.11 Å². The molecule has 2 rings (SSSR count). The van der Waals surface area contributed by atoms with Crippen molar-refractivity contribution in [3.8, 4) is 6.07 Å². The van der Waals surface area contributed by atoms with E-state index in [1.807, 2.05) is 19.1 Å². The first-order chi connectivity index (χ1) is 8.03. The third-order valence-corrected chi connectivity index (χ3v) is 3.38. The Labute approximate surface area is 101 Å². The lowest BCUT2D eigenvalue weighted by Gasteiger charge is -2.37. The first kappa shape index (κ1) is 11.7. The fraction of sp³-hybridized carbons (Fsp3) is 0.462. The maximum absolute atomic E-state index is 9.90. The summed E-state index contributed by atoms with van der Waals surface area (Å²) in [5.41, 5.74) is 7.35. The van der Waals surface area contributed by atoms with E-state index >= 15 is 0 Å². The summed E-state index contributed by atoms with van der Waals surface area (Å²) in [5.74, 6) is 0. The van der Waals surface area contributed by atoms with E-state index in [-0.39, 0.29) is 0 Å². The Bertz CT molecular complexity index is 452. The zero-order chi connectivity index (χ0) is 12.5. The molecule has 0 bridgehead atoms. The summed E-state index contributed by atoms with van der Waals surface area (Å²) in [6.07, 6.45) is 1.45. The second-order valence-corrected chi connectivity index (χ2v) is 4.83. The Kier molecular flexibility index (Phi) is 2.95. The summed E-state index contributed by atoms with van der Waals surface area (Å²) in [5, 5.41) is 18.8. The van der Waals surface area contributed by atoms with Crippen molar-refractivity contribution in [2.75, 3.05) is 23.7 Å². The third-order valence-electron chi connectivity index (χ3n) is 3.38. The highest BCUT2D eigenvalue weighted by molar-refractivity contribution is 5.74. The fourth-order valence-electron chi connectivity index (χ4n) is 2.16. The Morgan fingerprint density at radius 1 is 1.41 bits per heavy atom. The number of nitriles is 1. The number of hydrogen-bond acceptors (Lipinski definition) is 4. The number of hydrogen-bond donors (Lipinski definition) is 2. The molecule has 3 N–H and O–H groups in total. The third kappa shape index (κ3) is 2.34. The molecule has 0 amide bonds. The van der Waals surface area contributed by atoms with E-state index in [1.165, 1.54) is 0 Å². The molecule has 1 aromatic carbocycles. The van der Waals surface area contributed by atoms with E-state index in [0.29, 0.717) is 11.3 Å². The Hall–Kier alpha value is -1.73. The predicted octanol–water partition coefficient (Wildman–Crippen LogP) is 1.49. The summed E-state index contributed by atoms with van der Waals surface area (Å²) in [6.45, 7) is 3.40. The molecule has 1 heterocycles. The molecule has 1 aliphatic rings. The maximum atomic E-state index is 9.90. The first-order valence-corrected chi connectivity index (χ1v) is 5.79. The van der Waals surface area contributed by atoms with Crippen LogP contribution in [0.4, 0.5) is 11.4 Å². The second kappa shape index (κ2) is 4.27. The lowest BCUT2D eigenvalue weighted by Crippen LogP contribution is -2.42. The van der Waals surface area contributed by atoms with Gasteiger partial charge in [0.1, 0.15) is 6.07 Å². The van der Waals surface area contributed by atoms with E-state index < -0.39 is 5.60 Å². The van der Waals surface area contributed by atoms with Crippen molar-refractivity contribution in [2.24, 2.45) is 0 Å². The molecule has 0 atom stereocenters. The van der Waals surface area contributed by atoms with Crippen molar-refractivity contribution in [3.05, 3.63) is 23.8 Å². The number of anilines is 2. The molecule has 1 aromatic rings. The molecule has 0 saturated carbocycles. The molecule has 17 heavy (non-hydrogen) atoms. The zero-order valence-corrected chi connectivity index (χ0v) is 9.98. The van der Waals surface area contributed by atoms with Gasteiger partial charge in [0, 0.05) is 13.1 Å². The van der Waals surface area contributed by atoms with Gasteiger partial charge in [-0.05, 0) is 31.9 Å². The normalized spacial score (nSPS) is 18.8. The van der Waals surface area contributed by atoms with Gasteiger partial charge in [-0.15, -0.1) is 0 Å². The van der Waals surface area contributed by atoms with E-state index in [0.717, 1.165) is 31.6 Å². The molecule has 1 fully saturated rings. The van der Waals surface area contributed by atoms with Crippen molar-refractivity contribution in [3.63, 3.8) is 0 Å². The number of benzene rings is 1. The molecule has 0 spiro atoms. The molecular weight excluding hydrogens is 214 g/mol. The van der Waals surface area contributed by atoms with Crippen molar-refractivity contribution >= 4 is 11.4 Å². The lowest BCUT2D eigenvalue weighted by atomic mass is 9.93. The van der Waals surface area contributed by atoms with Crippen LogP contribution in [0.5, 0.6) is 0 Å². The van der Waals surface area contributed by atoms with Gasteiger partial charge in [-0.25, -0.2) is 0 Å². The van der Waals surface area contributed by atoms with Crippen molar-refractivity contribution in [2.45, 2.75) is 25.4 Å². The van der Waals surface area contributed by atoms with Crippen LogP contribution in [-0.2, 0) is 0 Å². The lowest BCUT2D eigenvalue weighted by molar-refractivity contribution is 0.0351. The Balaban J connectivity index is 2.22. The van der Waals surface area contributed by atoms with Gasteiger partial charge in [0.05, 0.1) is 22.5 Å². The molecule has 90 valence electrons. The molecule has 1 saturated heterocycles. The average Bonchev–Trinajstić information content (AvgIpc) is 2.30. The average molecular weight is 231 g/mol. The van der Waals surface area contributed by atoms with Crippen LogP contribution in [-0.4, -0.2) is 23.8 Å². The van der Waals surface area contributed by atoms with Gasteiger partial charge < -0.3 is 15.7 Å². The summed E-state index contributed by atoms with van der Waals surface area (Å²) >= 11 is 0. The highest BCUT2D eigenvalue weighted by Crippen LogP contribution is 2.31. The smallest absolute Gasteiger partial charge is 0.101 e. The van der Waals surface area contributed by atoms with Gasteiger partial charge in [0.25, 0.3) is 0 Å². The van der Waals surface area contributed by atoms with Crippen molar-refractivity contribution in [1.29, 1.82) is 5.26 Å². The predicted molar refractivity (Wildman–Crippen MR) is 67.6 cm³/mol. The summed E-state index contributed by atoms with van der Waals surface area (Å²) < 4.78 is 0. The van der Waals surface area contributed by atoms with Crippen molar-refractivity contribution in [1.82, 2.24) is 0 Å². The summed E-state index contributed by atoms with van der Waals surface area (Å²) in [7, 11) is 0. The molecular formula is C13H17N3O. The van der Waals surface area contributed by atoms with Gasteiger partial charge in [0.15, 0.2) is 0 Å². The molecule has 4 nitrogen and oxygen atoms in total. The highest BCUT2D eigenvalue weighted by atomic mass is 16.3. The van der Waals surface area contributed by atoms with Gasteiger partial charge in [0.2, 0.25) is 0 Å². The highest BCUT2D eigenvalue weighted by Gasteiger charge is 2.28. The number of nitrogens with zero attached hydrogens (tertiary/aromatic N) is 2. The van der Waals surface area contributed by atoms with Crippen LogP contribution in [0.1, 0.15) is 25.3 Å². The van der Waals surface area contributed by atoms with E-state index in [1.54, 1.807) is 6.07 Å². The number of nitrogens with two attached hydrogens (primary N) is 1. The zero-order valence-electron chi connectivity index (χ0n) is 9.98. The monoisotopic (exact) mass is 231 g/mol. The fourth-order valence-corrected chi connectivity index (χ4v) is 2.16. The standard InChI is InChI=1S/C13H17N3O/c1-13(17)5-7-16(8-6-13)11-4-2-3-10(9-14)12(11)15/h2-4,17H,5-8,15H2,1H3. The SMILES string of the molecule is CC1(O)CCN(c2cccc(C#N)c2N)CC1. The van der Waals surface area contributed by atoms with Gasteiger partial charge in [-0.2, -0.15) is 5.26 Å². The van der Waals surface area contributed by atoms with Gasteiger partial charge in [-0.3, -0.25) is 0 Å². The maximum Gasteiger partial charge on any atom is 0.101 e. The Morgan fingerprint density at radius 2 is 2.06 bits per heavy atom. The van der Waals surface area contributed by atoms with Gasteiger partial charge in [-0.1, -0.05) is 6.07 Å². The largest absolute Gasteiger partial charge is 0.396 e. The van der Waals surface area contributed by atoms with E-state index in [9.17, 15) is 5.11 Å². The Morgan fingerprint density at radius 3 is 2.65 bits per heavy atom. The number of para-hydroxylation sites is 1. The van der Waals surface area contributed by atoms with Crippen LogP contribution in [0, 0.1) is 11.3 Å². The number of nitrogen functional groups attached to an aromatic ring is 1. The topological polar surface area (TPSA) is 73.3 Å². The van der Waals surface area contributed by atoms with Gasteiger partial charge >= 0.3 is 0 Å². The van der Waals surface area contributed by atoms with Crippen LogP contribution in [0.2, 0.25) is 0 Å². The minimum Gasteiger partial charge on any atom is -0.396 e. The minimum absolute atomic E-state index is 0.514. The van der Waals surface area contributed by atoms with Crippen LogP contribution >= 0.6 is 0 Å². The molecule has 1 aliphatic heterocycles. The summed E-state index contributed by atoms with van der Waals surface area (Å²) in [6, 6.07) is 7.58. The number of aliphatic hydroxyl groups is 1. The second-order valence-electron chi connectivity index (χ2n) is 4.83. The first-order valence-electron chi connectivity index (χ1n) is 5.79. The molecule has 4 heteroatoms. The van der Waals surface area contributed by atoms with Crippen LogP contribution in [0.15, 0.2) is 18.2 Å². The quantitative estimate of drug-likeness (QED) is 0.718. The molecule has 0 radical (unpaired) electrons. The van der Waals surface area contributed by atoms with Crippen LogP contribution in [0.3, 0.4) is 0 Å². The number of piperidine rings is 1. The number of rotatable bonds is 1. The van der Waals surface area contributed by atoms with E-state index in [4.69, 9.17) is 11.0 Å². The molecule has 0 aliphatic carbocycles.